The Balaban J connectivity index is 3.57. The van der Waals surface area contributed by atoms with E-state index in [-0.39, 0.29) is 13.0 Å². The van der Waals surface area contributed by atoms with Crippen LogP contribution in [0.1, 0.15) is 117 Å². The van der Waals surface area contributed by atoms with E-state index in [2.05, 4.69) is 6.92 Å². The Morgan fingerprint density at radius 1 is 0.731 bits per heavy atom. The topological polar surface area (TPSA) is 63.6 Å². The largest absolute Gasteiger partial charge is 0.464 e. The number of hydrogen-bond donors (Lipinski definition) is 1. The number of aliphatic hydroxyl groups is 1. The highest BCUT2D eigenvalue weighted by Crippen LogP contribution is 2.20. The van der Waals surface area contributed by atoms with Gasteiger partial charge in [0.2, 0.25) is 5.60 Å². The van der Waals surface area contributed by atoms with E-state index in [4.69, 9.17) is 4.74 Å². The predicted molar refractivity (Wildman–Crippen MR) is 107 cm³/mol. The molecule has 0 aromatic heterocycles. The first kappa shape index (κ1) is 25.1. The molecule has 1 unspecified atom stereocenters. The fourth-order valence-electron chi connectivity index (χ4n) is 3.25. The molecule has 0 fully saturated rings. The van der Waals surface area contributed by atoms with Crippen molar-refractivity contribution in [1.29, 1.82) is 0 Å². The molecule has 0 spiro atoms. The van der Waals surface area contributed by atoms with Crippen molar-refractivity contribution in [3.63, 3.8) is 0 Å². The molecule has 4 heteroatoms. The molecule has 0 amide bonds. The van der Waals surface area contributed by atoms with Crippen LogP contribution in [0.15, 0.2) is 0 Å². The number of rotatable bonds is 18. The molecule has 0 aliphatic carbocycles. The minimum Gasteiger partial charge on any atom is -0.464 e. The molecule has 0 radical (unpaired) electrons. The van der Waals surface area contributed by atoms with Crippen molar-refractivity contribution in [3.05, 3.63) is 0 Å². The van der Waals surface area contributed by atoms with Crippen molar-refractivity contribution in [2.24, 2.45) is 0 Å². The van der Waals surface area contributed by atoms with E-state index in [1.54, 1.807) is 6.92 Å². The highest BCUT2D eigenvalue weighted by molar-refractivity contribution is 6.05. The van der Waals surface area contributed by atoms with Gasteiger partial charge in [-0.15, -0.1) is 0 Å². The summed E-state index contributed by atoms with van der Waals surface area (Å²) in [6.45, 7) is 5.35. The third-order valence-electron chi connectivity index (χ3n) is 5.09. The van der Waals surface area contributed by atoms with Crippen molar-refractivity contribution in [1.82, 2.24) is 0 Å². The number of esters is 1. The molecule has 0 aromatic rings. The zero-order chi connectivity index (χ0) is 19.7. The van der Waals surface area contributed by atoms with Gasteiger partial charge in [0.1, 0.15) is 0 Å². The fraction of sp³-hybridized carbons (Fsp3) is 0.909. The molecule has 0 bridgehead atoms. The first-order chi connectivity index (χ1) is 12.5. The number of carbonyl (C=O) groups excluding carboxylic acids is 2. The average molecular weight is 371 g/mol. The van der Waals surface area contributed by atoms with Crippen LogP contribution < -0.4 is 0 Å². The maximum absolute atomic E-state index is 11.8. The van der Waals surface area contributed by atoms with Gasteiger partial charge in [-0.2, -0.15) is 0 Å². The van der Waals surface area contributed by atoms with Gasteiger partial charge >= 0.3 is 5.97 Å². The quantitative estimate of drug-likeness (QED) is 0.190. The number of carbonyl (C=O) groups is 2. The Labute approximate surface area is 161 Å². The Kier molecular flexibility index (Phi) is 15.7. The van der Waals surface area contributed by atoms with E-state index in [0.29, 0.717) is 6.42 Å². The minimum absolute atomic E-state index is 0.166. The molecule has 4 nitrogen and oxygen atoms in total. The van der Waals surface area contributed by atoms with Crippen LogP contribution in [0.2, 0.25) is 0 Å². The standard InChI is InChI=1S/C22H42O4/c1-4-6-7-8-9-10-11-12-13-14-15-16-17-18-19-22(25,20(3)23)21(24)26-5-2/h25H,4-19H2,1-3H3. The van der Waals surface area contributed by atoms with Crippen LogP contribution in [-0.2, 0) is 14.3 Å². The molecule has 0 rings (SSSR count). The lowest BCUT2D eigenvalue weighted by atomic mass is 9.92. The van der Waals surface area contributed by atoms with Gasteiger partial charge in [0.25, 0.3) is 0 Å². The smallest absolute Gasteiger partial charge is 0.345 e. The Bertz CT molecular complexity index is 367. The monoisotopic (exact) mass is 370 g/mol. The van der Waals surface area contributed by atoms with E-state index >= 15 is 0 Å². The van der Waals surface area contributed by atoms with E-state index in [0.717, 1.165) is 12.8 Å². The molecule has 0 saturated heterocycles. The van der Waals surface area contributed by atoms with Gasteiger partial charge in [-0.05, 0) is 26.7 Å². The molecule has 0 aliphatic rings. The third kappa shape index (κ3) is 11.7. The predicted octanol–water partition coefficient (Wildman–Crippen LogP) is 5.74. The van der Waals surface area contributed by atoms with E-state index in [1.165, 1.54) is 77.6 Å². The maximum atomic E-state index is 11.8. The van der Waals surface area contributed by atoms with E-state index < -0.39 is 17.4 Å². The van der Waals surface area contributed by atoms with Crippen molar-refractivity contribution >= 4 is 11.8 Å². The number of ketones is 1. The van der Waals surface area contributed by atoms with Crippen LogP contribution in [-0.4, -0.2) is 29.1 Å². The summed E-state index contributed by atoms with van der Waals surface area (Å²) in [5, 5.41) is 10.3. The lowest BCUT2D eigenvalue weighted by Gasteiger charge is -2.22. The van der Waals surface area contributed by atoms with Crippen LogP contribution in [0.4, 0.5) is 0 Å². The van der Waals surface area contributed by atoms with Gasteiger partial charge in [-0.3, -0.25) is 4.79 Å². The SMILES string of the molecule is CCCCCCCCCCCCCCCCC(O)(C(C)=O)C(=O)OCC. The second kappa shape index (κ2) is 16.3. The van der Waals surface area contributed by atoms with Crippen LogP contribution in [0.5, 0.6) is 0 Å². The second-order valence-corrected chi connectivity index (χ2v) is 7.48. The summed E-state index contributed by atoms with van der Waals surface area (Å²) >= 11 is 0. The molecule has 0 heterocycles. The summed E-state index contributed by atoms with van der Waals surface area (Å²) < 4.78 is 4.83. The summed E-state index contributed by atoms with van der Waals surface area (Å²) in [4.78, 5) is 23.4. The zero-order valence-electron chi connectivity index (χ0n) is 17.5. The van der Waals surface area contributed by atoms with Crippen molar-refractivity contribution < 1.29 is 19.4 Å². The summed E-state index contributed by atoms with van der Waals surface area (Å²) in [6.07, 6.45) is 17.6. The molecular formula is C22H42O4. The fourth-order valence-corrected chi connectivity index (χ4v) is 3.25. The van der Waals surface area contributed by atoms with Crippen LogP contribution >= 0.6 is 0 Å². The highest BCUT2D eigenvalue weighted by atomic mass is 16.5. The van der Waals surface area contributed by atoms with Crippen LogP contribution in [0.3, 0.4) is 0 Å². The summed E-state index contributed by atoms with van der Waals surface area (Å²) in [5.41, 5.74) is -1.95. The lowest BCUT2D eigenvalue weighted by Crippen LogP contribution is -2.46. The van der Waals surface area contributed by atoms with Crippen molar-refractivity contribution in [2.75, 3.05) is 6.61 Å². The van der Waals surface area contributed by atoms with Gasteiger partial charge in [0, 0.05) is 0 Å². The second-order valence-electron chi connectivity index (χ2n) is 7.48. The summed E-state index contributed by atoms with van der Waals surface area (Å²) in [5.74, 6) is -1.33. The lowest BCUT2D eigenvalue weighted by molar-refractivity contribution is -0.170. The molecule has 0 aromatic carbocycles. The van der Waals surface area contributed by atoms with Gasteiger partial charge in [-0.25, -0.2) is 4.79 Å². The van der Waals surface area contributed by atoms with E-state index in [1.807, 2.05) is 0 Å². The van der Waals surface area contributed by atoms with Gasteiger partial charge in [0.05, 0.1) is 6.61 Å². The van der Waals surface area contributed by atoms with Gasteiger partial charge < -0.3 is 9.84 Å². The van der Waals surface area contributed by atoms with Crippen LogP contribution in [0, 0.1) is 0 Å². The zero-order valence-corrected chi connectivity index (χ0v) is 17.5. The molecular weight excluding hydrogens is 328 g/mol. The Morgan fingerprint density at radius 2 is 1.12 bits per heavy atom. The molecule has 0 aliphatic heterocycles. The number of ether oxygens (including phenoxy) is 1. The normalized spacial score (nSPS) is 13.4. The summed E-state index contributed by atoms with van der Waals surface area (Å²) in [6, 6.07) is 0. The first-order valence-corrected chi connectivity index (χ1v) is 10.9. The number of Topliss-reactive ketones (excluding diaryl/α,β-unsaturated/α-hetero) is 1. The summed E-state index contributed by atoms with van der Waals surface area (Å²) in [7, 11) is 0. The van der Waals surface area contributed by atoms with E-state index in [9.17, 15) is 14.7 Å². The minimum atomic E-state index is -1.95. The van der Waals surface area contributed by atoms with Crippen LogP contribution in [0.25, 0.3) is 0 Å². The first-order valence-electron chi connectivity index (χ1n) is 10.9. The van der Waals surface area contributed by atoms with Gasteiger partial charge in [-0.1, -0.05) is 90.4 Å². The third-order valence-corrected chi connectivity index (χ3v) is 5.09. The molecule has 1 N–H and O–H groups in total. The van der Waals surface area contributed by atoms with Gasteiger partial charge in [0.15, 0.2) is 5.78 Å². The molecule has 26 heavy (non-hydrogen) atoms. The number of unbranched alkanes of at least 4 members (excludes halogenated alkanes) is 13. The molecule has 154 valence electrons. The molecule has 0 saturated carbocycles. The maximum Gasteiger partial charge on any atom is 0.345 e. The average Bonchev–Trinajstić information content (AvgIpc) is 2.61. The van der Waals surface area contributed by atoms with Crippen molar-refractivity contribution in [3.8, 4) is 0 Å². The Hall–Kier alpha value is -0.900. The van der Waals surface area contributed by atoms with Crippen molar-refractivity contribution in [2.45, 2.75) is 123 Å². The Morgan fingerprint density at radius 3 is 1.46 bits per heavy atom. The highest BCUT2D eigenvalue weighted by Gasteiger charge is 2.41. The molecule has 1 atom stereocenters. The number of hydrogen-bond acceptors (Lipinski definition) is 4.